The van der Waals surface area contributed by atoms with Crippen LogP contribution in [0.1, 0.15) is 53.4 Å². The third-order valence-corrected chi connectivity index (χ3v) is 3.62. The second kappa shape index (κ2) is 4.48. The lowest BCUT2D eigenvalue weighted by Gasteiger charge is -2.26. The van der Waals surface area contributed by atoms with Gasteiger partial charge in [-0.1, -0.05) is 31.9 Å². The molecule has 1 N–H and O–H groups in total. The Balaban J connectivity index is 2.53. The van der Waals surface area contributed by atoms with Gasteiger partial charge in [0, 0.05) is 5.41 Å². The van der Waals surface area contributed by atoms with Crippen LogP contribution in [-0.2, 0) is 0 Å². The van der Waals surface area contributed by atoms with E-state index in [0.717, 1.165) is 12.8 Å². The van der Waals surface area contributed by atoms with Crippen LogP contribution in [0.25, 0.3) is 0 Å². The number of aliphatic hydroxyl groups is 1. The van der Waals surface area contributed by atoms with Crippen molar-refractivity contribution in [3.05, 3.63) is 11.6 Å². The van der Waals surface area contributed by atoms with E-state index in [2.05, 4.69) is 33.8 Å². The van der Waals surface area contributed by atoms with Crippen LogP contribution in [0.2, 0.25) is 0 Å². The van der Waals surface area contributed by atoms with E-state index in [1.807, 2.05) is 0 Å². The molecular weight excluding hydrogens is 172 g/mol. The van der Waals surface area contributed by atoms with Gasteiger partial charge in [0.15, 0.2) is 0 Å². The molecule has 2 atom stereocenters. The van der Waals surface area contributed by atoms with Gasteiger partial charge in [-0.3, -0.25) is 0 Å². The molecule has 1 heteroatoms. The SMILES string of the molecule is CCC(C)C(O)C1(CC=C(C)C)CC1. The van der Waals surface area contributed by atoms with E-state index in [0.29, 0.717) is 5.92 Å². The zero-order valence-corrected chi connectivity index (χ0v) is 10.0. The Bertz CT molecular complexity index is 209. The molecule has 0 radical (unpaired) electrons. The molecule has 0 aromatic rings. The Morgan fingerprint density at radius 3 is 2.36 bits per heavy atom. The second-order valence-corrected chi connectivity index (χ2v) is 5.18. The first-order valence-electron chi connectivity index (χ1n) is 5.83. The first-order valence-corrected chi connectivity index (χ1v) is 5.83. The summed E-state index contributed by atoms with van der Waals surface area (Å²) in [7, 11) is 0. The predicted molar refractivity (Wildman–Crippen MR) is 61.2 cm³/mol. The van der Waals surface area contributed by atoms with Crippen LogP contribution >= 0.6 is 0 Å². The minimum atomic E-state index is -0.0944. The Morgan fingerprint density at radius 2 is 2.00 bits per heavy atom. The quantitative estimate of drug-likeness (QED) is 0.667. The maximum Gasteiger partial charge on any atom is 0.0624 e. The number of aliphatic hydroxyl groups excluding tert-OH is 1. The molecule has 0 aromatic carbocycles. The van der Waals surface area contributed by atoms with Gasteiger partial charge in [0.2, 0.25) is 0 Å². The maximum absolute atomic E-state index is 10.2. The molecule has 2 unspecified atom stereocenters. The summed E-state index contributed by atoms with van der Waals surface area (Å²) >= 11 is 0. The standard InChI is InChI=1S/C13H24O/c1-5-11(4)12(14)13(8-9-13)7-6-10(2)3/h6,11-12,14H,5,7-9H2,1-4H3. The highest BCUT2D eigenvalue weighted by Gasteiger charge is 2.49. The number of hydrogen-bond acceptors (Lipinski definition) is 1. The van der Waals surface area contributed by atoms with Gasteiger partial charge in [-0.25, -0.2) is 0 Å². The maximum atomic E-state index is 10.2. The van der Waals surface area contributed by atoms with Crippen LogP contribution in [0.4, 0.5) is 0 Å². The molecular formula is C13H24O. The Kier molecular flexibility index (Phi) is 3.77. The van der Waals surface area contributed by atoms with Gasteiger partial charge in [-0.05, 0) is 39.0 Å². The average molecular weight is 196 g/mol. The van der Waals surface area contributed by atoms with E-state index in [9.17, 15) is 5.11 Å². The van der Waals surface area contributed by atoms with Gasteiger partial charge in [-0.2, -0.15) is 0 Å². The molecule has 0 amide bonds. The fourth-order valence-electron chi connectivity index (χ4n) is 2.02. The number of allylic oxidation sites excluding steroid dienone is 2. The Hall–Kier alpha value is -0.300. The summed E-state index contributed by atoms with van der Waals surface area (Å²) in [5.74, 6) is 0.447. The van der Waals surface area contributed by atoms with Crippen molar-refractivity contribution in [2.45, 2.75) is 59.5 Å². The molecule has 82 valence electrons. The molecule has 1 saturated carbocycles. The van der Waals surface area contributed by atoms with Crippen molar-refractivity contribution in [3.8, 4) is 0 Å². The molecule has 1 aliphatic rings. The topological polar surface area (TPSA) is 20.2 Å². The number of hydrogen-bond donors (Lipinski definition) is 1. The summed E-state index contributed by atoms with van der Waals surface area (Å²) in [6.45, 7) is 8.58. The van der Waals surface area contributed by atoms with E-state index >= 15 is 0 Å². The van der Waals surface area contributed by atoms with Crippen molar-refractivity contribution in [1.29, 1.82) is 0 Å². The zero-order valence-electron chi connectivity index (χ0n) is 10.0. The summed E-state index contributed by atoms with van der Waals surface area (Å²) < 4.78 is 0. The molecule has 0 aliphatic heterocycles. The molecule has 0 saturated heterocycles. The summed E-state index contributed by atoms with van der Waals surface area (Å²) in [5, 5.41) is 10.2. The van der Waals surface area contributed by atoms with E-state index < -0.39 is 0 Å². The molecule has 0 heterocycles. The Labute approximate surface area is 88.2 Å². The molecule has 0 spiro atoms. The van der Waals surface area contributed by atoms with Crippen molar-refractivity contribution < 1.29 is 5.11 Å². The largest absolute Gasteiger partial charge is 0.392 e. The third kappa shape index (κ3) is 2.60. The van der Waals surface area contributed by atoms with Gasteiger partial charge in [0.25, 0.3) is 0 Å². The van der Waals surface area contributed by atoms with Crippen molar-refractivity contribution in [3.63, 3.8) is 0 Å². The fraction of sp³-hybridized carbons (Fsp3) is 0.846. The zero-order chi connectivity index (χ0) is 10.8. The van der Waals surface area contributed by atoms with Crippen LogP contribution in [-0.4, -0.2) is 11.2 Å². The lowest BCUT2D eigenvalue weighted by Crippen LogP contribution is -2.28. The molecule has 1 aliphatic carbocycles. The van der Waals surface area contributed by atoms with Crippen LogP contribution in [0, 0.1) is 11.3 Å². The van der Waals surface area contributed by atoms with Crippen molar-refractivity contribution in [2.75, 3.05) is 0 Å². The van der Waals surface area contributed by atoms with E-state index in [-0.39, 0.29) is 11.5 Å². The molecule has 1 fully saturated rings. The number of rotatable bonds is 5. The monoisotopic (exact) mass is 196 g/mol. The normalized spacial score (nSPS) is 22.6. The minimum Gasteiger partial charge on any atom is -0.392 e. The second-order valence-electron chi connectivity index (χ2n) is 5.18. The first kappa shape index (κ1) is 11.8. The highest BCUT2D eigenvalue weighted by molar-refractivity contribution is 5.07. The van der Waals surface area contributed by atoms with Gasteiger partial charge < -0.3 is 5.11 Å². The van der Waals surface area contributed by atoms with Crippen molar-refractivity contribution in [1.82, 2.24) is 0 Å². The minimum absolute atomic E-state index is 0.0944. The summed E-state index contributed by atoms with van der Waals surface area (Å²) in [4.78, 5) is 0. The van der Waals surface area contributed by atoms with Gasteiger partial charge >= 0.3 is 0 Å². The van der Waals surface area contributed by atoms with Crippen LogP contribution in [0.3, 0.4) is 0 Å². The molecule has 0 aromatic heterocycles. The summed E-state index contributed by atoms with van der Waals surface area (Å²) in [5.41, 5.74) is 1.61. The average Bonchev–Trinajstić information content (AvgIpc) is 2.93. The van der Waals surface area contributed by atoms with Gasteiger partial charge in [0.05, 0.1) is 6.10 Å². The summed E-state index contributed by atoms with van der Waals surface area (Å²) in [6.07, 6.45) is 6.75. The molecule has 1 rings (SSSR count). The van der Waals surface area contributed by atoms with Gasteiger partial charge in [0.1, 0.15) is 0 Å². The first-order chi connectivity index (χ1) is 6.52. The Morgan fingerprint density at radius 1 is 1.43 bits per heavy atom. The van der Waals surface area contributed by atoms with E-state index in [1.165, 1.54) is 18.4 Å². The van der Waals surface area contributed by atoms with Crippen molar-refractivity contribution in [2.24, 2.45) is 11.3 Å². The van der Waals surface area contributed by atoms with Crippen molar-refractivity contribution >= 4 is 0 Å². The van der Waals surface area contributed by atoms with E-state index in [1.54, 1.807) is 0 Å². The molecule has 14 heavy (non-hydrogen) atoms. The molecule has 1 nitrogen and oxygen atoms in total. The molecule has 0 bridgehead atoms. The van der Waals surface area contributed by atoms with Crippen LogP contribution < -0.4 is 0 Å². The lowest BCUT2D eigenvalue weighted by atomic mass is 9.85. The van der Waals surface area contributed by atoms with Gasteiger partial charge in [-0.15, -0.1) is 0 Å². The predicted octanol–water partition coefficient (Wildman–Crippen LogP) is 3.53. The van der Waals surface area contributed by atoms with Crippen LogP contribution in [0.5, 0.6) is 0 Å². The smallest absolute Gasteiger partial charge is 0.0624 e. The van der Waals surface area contributed by atoms with E-state index in [4.69, 9.17) is 0 Å². The highest BCUT2D eigenvalue weighted by Crippen LogP contribution is 2.54. The fourth-order valence-corrected chi connectivity index (χ4v) is 2.02. The van der Waals surface area contributed by atoms with Crippen LogP contribution in [0.15, 0.2) is 11.6 Å². The lowest BCUT2D eigenvalue weighted by molar-refractivity contribution is 0.0432. The third-order valence-electron chi connectivity index (χ3n) is 3.62. The summed E-state index contributed by atoms with van der Waals surface area (Å²) in [6, 6.07) is 0. The highest BCUT2D eigenvalue weighted by atomic mass is 16.3.